The molecule has 0 unspecified atom stereocenters. The quantitative estimate of drug-likeness (QED) is 0.577. The van der Waals surface area contributed by atoms with Crippen molar-refractivity contribution in [2.24, 2.45) is 5.11 Å². The maximum atomic E-state index is 6.85. The summed E-state index contributed by atoms with van der Waals surface area (Å²) in [6.45, 7) is 0.938. The molecule has 0 atom stereocenters. The Bertz CT molecular complexity index is 155. The summed E-state index contributed by atoms with van der Waals surface area (Å²) in [5.74, 6) is 0. The second kappa shape index (κ2) is 2.55. The van der Waals surface area contributed by atoms with E-state index in [0.29, 0.717) is 0 Å². The summed E-state index contributed by atoms with van der Waals surface area (Å²) in [7, 11) is 0. The fraction of sp³-hybridized carbons (Fsp3) is 0.875. The first-order chi connectivity index (χ1) is 5.35. The van der Waals surface area contributed by atoms with Crippen LogP contribution in [0.3, 0.4) is 0 Å². The van der Waals surface area contributed by atoms with Crippen molar-refractivity contribution in [3.63, 3.8) is 0 Å². The monoisotopic (exact) mass is 153 g/mol. The normalized spacial score (nSPS) is 29.8. The van der Waals surface area contributed by atoms with E-state index in [9.17, 15) is 0 Å². The largest absolute Gasteiger partial charge is 0.375 e. The van der Waals surface area contributed by atoms with Gasteiger partial charge >= 0.3 is 0 Å². The van der Waals surface area contributed by atoms with E-state index in [1.807, 2.05) is 0 Å². The maximum Gasteiger partial charge on any atom is 0.108 e. The van der Waals surface area contributed by atoms with Gasteiger partial charge in [0.25, 0.3) is 0 Å². The standard InChI is InChI=1S/C8H13N2O/c9-10-7-1-3-8(4-2-7)5-6-11-8/h9H,1-6H2. The Morgan fingerprint density at radius 3 is 2.27 bits per heavy atom. The molecular weight excluding hydrogens is 140 g/mol. The molecule has 0 amide bonds. The fourth-order valence-electron chi connectivity index (χ4n) is 1.89. The predicted molar refractivity (Wildman–Crippen MR) is 40.2 cm³/mol. The predicted octanol–water partition coefficient (Wildman–Crippen LogP) is 2.28. The molecule has 1 spiro atoms. The number of hydrogen-bond donors (Lipinski definition) is 1. The molecule has 0 bridgehead atoms. The van der Waals surface area contributed by atoms with Crippen LogP contribution in [0.4, 0.5) is 0 Å². The van der Waals surface area contributed by atoms with Crippen molar-refractivity contribution in [1.82, 2.24) is 0 Å². The van der Waals surface area contributed by atoms with Crippen LogP contribution in [0.5, 0.6) is 0 Å². The Labute approximate surface area is 66.6 Å². The smallest absolute Gasteiger partial charge is 0.108 e. The first-order valence-electron chi connectivity index (χ1n) is 4.21. The van der Waals surface area contributed by atoms with Gasteiger partial charge in [-0.2, -0.15) is 5.11 Å². The van der Waals surface area contributed by atoms with Crippen molar-refractivity contribution < 1.29 is 4.74 Å². The van der Waals surface area contributed by atoms with Crippen LogP contribution in [-0.4, -0.2) is 12.2 Å². The minimum absolute atomic E-state index is 0.216. The molecule has 2 rings (SSSR count). The van der Waals surface area contributed by atoms with E-state index in [2.05, 4.69) is 5.11 Å². The SMILES string of the molecule is N=N[C]1CCC2(CCO2)CC1. The summed E-state index contributed by atoms with van der Waals surface area (Å²) in [5, 5.41) is 3.48. The highest BCUT2D eigenvalue weighted by molar-refractivity contribution is 5.00. The minimum atomic E-state index is 0.216. The Morgan fingerprint density at radius 2 is 1.91 bits per heavy atom. The van der Waals surface area contributed by atoms with Gasteiger partial charge in [0.05, 0.1) is 12.2 Å². The van der Waals surface area contributed by atoms with Crippen LogP contribution in [-0.2, 0) is 4.74 Å². The zero-order valence-corrected chi connectivity index (χ0v) is 6.60. The highest BCUT2D eigenvalue weighted by atomic mass is 16.5. The fourth-order valence-corrected chi connectivity index (χ4v) is 1.89. The molecule has 1 N–H and O–H groups in total. The molecule has 1 saturated heterocycles. The van der Waals surface area contributed by atoms with Crippen LogP contribution in [0.1, 0.15) is 32.1 Å². The van der Waals surface area contributed by atoms with Crippen molar-refractivity contribution in [1.29, 1.82) is 5.53 Å². The molecule has 11 heavy (non-hydrogen) atoms. The average Bonchev–Trinajstić information content (AvgIpc) is 2.02. The van der Waals surface area contributed by atoms with E-state index >= 15 is 0 Å². The number of hydrogen-bond acceptors (Lipinski definition) is 3. The average molecular weight is 153 g/mol. The van der Waals surface area contributed by atoms with Crippen LogP contribution >= 0.6 is 0 Å². The van der Waals surface area contributed by atoms with E-state index in [1.54, 1.807) is 0 Å². The topological polar surface area (TPSA) is 45.4 Å². The lowest BCUT2D eigenvalue weighted by atomic mass is 9.78. The number of rotatable bonds is 1. The highest BCUT2D eigenvalue weighted by Crippen LogP contribution is 2.43. The van der Waals surface area contributed by atoms with E-state index in [0.717, 1.165) is 38.3 Å². The summed E-state index contributed by atoms with van der Waals surface area (Å²) in [5.41, 5.74) is 7.07. The van der Waals surface area contributed by atoms with E-state index in [1.165, 1.54) is 6.42 Å². The Balaban J connectivity index is 1.88. The Kier molecular flexibility index (Phi) is 1.68. The van der Waals surface area contributed by atoms with E-state index in [4.69, 9.17) is 10.3 Å². The first-order valence-corrected chi connectivity index (χ1v) is 4.21. The minimum Gasteiger partial charge on any atom is -0.375 e. The van der Waals surface area contributed by atoms with Gasteiger partial charge < -0.3 is 4.74 Å². The van der Waals surface area contributed by atoms with Crippen LogP contribution in [0.15, 0.2) is 5.11 Å². The summed E-state index contributed by atoms with van der Waals surface area (Å²) in [6.07, 6.45) is 5.35. The molecule has 61 valence electrons. The van der Waals surface area contributed by atoms with Gasteiger partial charge in [0.2, 0.25) is 0 Å². The molecule has 1 saturated carbocycles. The van der Waals surface area contributed by atoms with E-state index in [-0.39, 0.29) is 5.60 Å². The number of nitrogens with one attached hydrogen (secondary N) is 1. The second-order valence-electron chi connectivity index (χ2n) is 3.46. The van der Waals surface area contributed by atoms with Crippen LogP contribution in [0.2, 0.25) is 0 Å². The molecule has 0 aromatic carbocycles. The molecule has 3 nitrogen and oxygen atoms in total. The second-order valence-corrected chi connectivity index (χ2v) is 3.46. The molecule has 2 fully saturated rings. The van der Waals surface area contributed by atoms with Gasteiger partial charge in [0.15, 0.2) is 0 Å². The summed E-state index contributed by atoms with van der Waals surface area (Å²) in [4.78, 5) is 0. The lowest BCUT2D eigenvalue weighted by molar-refractivity contribution is -0.162. The molecule has 0 aromatic rings. The van der Waals surface area contributed by atoms with Crippen molar-refractivity contribution in [2.45, 2.75) is 37.7 Å². The number of nitrogens with zero attached hydrogens (tertiary/aromatic N) is 1. The molecule has 1 aliphatic carbocycles. The molecule has 2 aliphatic rings. The Hall–Kier alpha value is -0.440. The van der Waals surface area contributed by atoms with Crippen molar-refractivity contribution in [2.75, 3.05) is 6.61 Å². The molecule has 3 heteroatoms. The van der Waals surface area contributed by atoms with Crippen LogP contribution in [0.25, 0.3) is 0 Å². The van der Waals surface area contributed by atoms with Gasteiger partial charge in [-0.25, -0.2) is 5.53 Å². The molecular formula is C8H13N2O. The third-order valence-corrected chi connectivity index (χ3v) is 2.86. The third-order valence-electron chi connectivity index (χ3n) is 2.86. The zero-order valence-electron chi connectivity index (χ0n) is 6.60. The summed E-state index contributed by atoms with van der Waals surface area (Å²) < 4.78 is 5.54. The van der Waals surface area contributed by atoms with Crippen LogP contribution < -0.4 is 0 Å². The molecule has 0 aromatic heterocycles. The van der Waals surface area contributed by atoms with Crippen molar-refractivity contribution in [3.05, 3.63) is 6.04 Å². The third kappa shape index (κ3) is 1.18. The van der Waals surface area contributed by atoms with Gasteiger partial charge in [-0.3, -0.25) is 0 Å². The first kappa shape index (κ1) is 7.22. The van der Waals surface area contributed by atoms with Crippen molar-refractivity contribution in [3.8, 4) is 0 Å². The Morgan fingerprint density at radius 1 is 1.27 bits per heavy atom. The van der Waals surface area contributed by atoms with Gasteiger partial charge in [0.1, 0.15) is 6.04 Å². The van der Waals surface area contributed by atoms with Crippen LogP contribution in [0, 0.1) is 11.6 Å². The van der Waals surface area contributed by atoms with E-state index < -0.39 is 0 Å². The van der Waals surface area contributed by atoms with Gasteiger partial charge in [-0.15, -0.1) is 0 Å². The van der Waals surface area contributed by atoms with Gasteiger partial charge in [-0.1, -0.05) is 0 Å². The zero-order chi connectivity index (χ0) is 7.73. The summed E-state index contributed by atoms with van der Waals surface area (Å²) >= 11 is 0. The van der Waals surface area contributed by atoms with Crippen molar-refractivity contribution >= 4 is 0 Å². The maximum absolute atomic E-state index is 6.85. The molecule has 1 radical (unpaired) electrons. The molecule has 1 heterocycles. The lowest BCUT2D eigenvalue weighted by Crippen LogP contribution is -2.45. The highest BCUT2D eigenvalue weighted by Gasteiger charge is 2.41. The number of ether oxygens (including phenoxy) is 1. The van der Waals surface area contributed by atoms with Gasteiger partial charge in [-0.05, 0) is 32.1 Å². The molecule has 1 aliphatic heterocycles. The summed E-state index contributed by atoms with van der Waals surface area (Å²) in [6, 6.07) is 1.05. The van der Waals surface area contributed by atoms with Gasteiger partial charge in [0, 0.05) is 0 Å². The lowest BCUT2D eigenvalue weighted by Gasteiger charge is -2.45.